The number of amides is 2. The molecular weight excluding hydrogens is 544 g/mol. The van der Waals surface area contributed by atoms with Crippen LogP contribution >= 0.6 is 11.6 Å². The molecule has 2 amide bonds. The molecule has 2 saturated heterocycles. The van der Waals surface area contributed by atoms with E-state index in [1.165, 1.54) is 24.5 Å². The van der Waals surface area contributed by atoms with Crippen molar-refractivity contribution in [3.05, 3.63) is 87.1 Å². The van der Waals surface area contributed by atoms with E-state index < -0.39 is 17.6 Å². The third-order valence-corrected chi connectivity index (χ3v) is 7.30. The SMILES string of the molecule is CNC(=O)c1ccc(Cl)cc1.COc1cc(F)c(C2CC(=O)N(c3cncn(C4CCN(C)C4)c3=O)C2)c(F)c1. The second kappa shape index (κ2) is 12.6. The van der Waals surface area contributed by atoms with Gasteiger partial charge in [-0.2, -0.15) is 0 Å². The van der Waals surface area contributed by atoms with Crippen LogP contribution in [-0.4, -0.2) is 67.1 Å². The van der Waals surface area contributed by atoms with Crippen molar-refractivity contribution in [1.82, 2.24) is 19.8 Å². The maximum atomic E-state index is 14.5. The number of rotatable bonds is 5. The number of halogens is 3. The zero-order valence-corrected chi connectivity index (χ0v) is 23.1. The highest BCUT2D eigenvalue weighted by atomic mass is 35.5. The molecule has 2 aliphatic heterocycles. The van der Waals surface area contributed by atoms with Gasteiger partial charge < -0.3 is 19.9 Å². The molecule has 0 saturated carbocycles. The highest BCUT2D eigenvalue weighted by Gasteiger charge is 2.37. The summed E-state index contributed by atoms with van der Waals surface area (Å²) in [6, 6.07) is 8.92. The minimum atomic E-state index is -0.765. The molecule has 5 rings (SSSR count). The van der Waals surface area contributed by atoms with Crippen LogP contribution in [0, 0.1) is 11.6 Å². The van der Waals surface area contributed by atoms with E-state index in [0.29, 0.717) is 10.6 Å². The van der Waals surface area contributed by atoms with Crippen molar-refractivity contribution in [3.8, 4) is 5.75 Å². The van der Waals surface area contributed by atoms with Gasteiger partial charge in [-0.3, -0.25) is 19.0 Å². The van der Waals surface area contributed by atoms with Crippen molar-refractivity contribution < 1.29 is 23.1 Å². The molecule has 0 aliphatic carbocycles. The molecule has 1 aromatic heterocycles. The summed E-state index contributed by atoms with van der Waals surface area (Å²) in [6.07, 6.45) is 3.57. The Labute approximate surface area is 235 Å². The van der Waals surface area contributed by atoms with Gasteiger partial charge in [0.15, 0.2) is 0 Å². The fourth-order valence-electron chi connectivity index (χ4n) is 4.95. The number of nitrogens with zero attached hydrogens (tertiary/aromatic N) is 4. The van der Waals surface area contributed by atoms with Gasteiger partial charge >= 0.3 is 0 Å². The summed E-state index contributed by atoms with van der Waals surface area (Å²) >= 11 is 5.63. The molecule has 3 aromatic rings. The lowest BCUT2D eigenvalue weighted by atomic mass is 9.97. The number of nitrogens with one attached hydrogen (secondary N) is 1. The van der Waals surface area contributed by atoms with Crippen molar-refractivity contribution in [2.45, 2.75) is 24.8 Å². The smallest absolute Gasteiger partial charge is 0.277 e. The van der Waals surface area contributed by atoms with E-state index in [1.54, 1.807) is 35.9 Å². The first-order chi connectivity index (χ1) is 19.1. The lowest BCUT2D eigenvalue weighted by molar-refractivity contribution is -0.117. The highest BCUT2D eigenvalue weighted by Crippen LogP contribution is 2.35. The predicted molar refractivity (Wildman–Crippen MR) is 147 cm³/mol. The molecule has 0 bridgehead atoms. The first-order valence-electron chi connectivity index (χ1n) is 12.7. The molecule has 0 spiro atoms. The number of hydrogen-bond donors (Lipinski definition) is 1. The van der Waals surface area contributed by atoms with Crippen molar-refractivity contribution >= 4 is 29.1 Å². The molecule has 0 radical (unpaired) electrons. The van der Waals surface area contributed by atoms with E-state index >= 15 is 0 Å². The molecule has 12 heteroatoms. The first kappa shape index (κ1) is 29.2. The maximum Gasteiger partial charge on any atom is 0.277 e. The van der Waals surface area contributed by atoms with Crippen molar-refractivity contribution in [1.29, 1.82) is 0 Å². The van der Waals surface area contributed by atoms with Crippen LogP contribution in [0.2, 0.25) is 5.02 Å². The number of likely N-dealkylation sites (tertiary alicyclic amines) is 1. The third-order valence-electron chi connectivity index (χ3n) is 7.05. The molecule has 2 unspecified atom stereocenters. The Morgan fingerprint density at radius 1 is 1.12 bits per heavy atom. The van der Waals surface area contributed by atoms with Gasteiger partial charge in [0.25, 0.3) is 11.5 Å². The Bertz CT molecular complexity index is 1430. The number of anilines is 1. The summed E-state index contributed by atoms with van der Waals surface area (Å²) in [5.41, 5.74) is 0.286. The topological polar surface area (TPSA) is 96.8 Å². The van der Waals surface area contributed by atoms with Crippen LogP contribution in [0.5, 0.6) is 5.75 Å². The van der Waals surface area contributed by atoms with Gasteiger partial charge in [0, 0.05) is 60.8 Å². The zero-order valence-electron chi connectivity index (χ0n) is 22.4. The molecule has 1 N–H and O–H groups in total. The molecule has 40 heavy (non-hydrogen) atoms. The van der Waals surface area contributed by atoms with Gasteiger partial charge in [-0.1, -0.05) is 11.6 Å². The van der Waals surface area contributed by atoms with Gasteiger partial charge in [-0.25, -0.2) is 13.8 Å². The Morgan fingerprint density at radius 2 is 1.80 bits per heavy atom. The maximum absolute atomic E-state index is 14.5. The lowest BCUT2D eigenvalue weighted by Crippen LogP contribution is -2.35. The fourth-order valence-corrected chi connectivity index (χ4v) is 5.07. The van der Waals surface area contributed by atoms with Gasteiger partial charge in [0.2, 0.25) is 5.91 Å². The van der Waals surface area contributed by atoms with Crippen molar-refractivity contribution in [3.63, 3.8) is 0 Å². The average molecular weight is 574 g/mol. The Morgan fingerprint density at radius 3 is 2.38 bits per heavy atom. The summed E-state index contributed by atoms with van der Waals surface area (Å²) in [7, 11) is 4.90. The van der Waals surface area contributed by atoms with Crippen LogP contribution in [0.3, 0.4) is 0 Å². The van der Waals surface area contributed by atoms with Crippen LogP contribution in [0.4, 0.5) is 14.5 Å². The van der Waals surface area contributed by atoms with Gasteiger partial charge in [-0.05, 0) is 44.3 Å². The number of likely N-dealkylation sites (N-methyl/N-ethyl adjacent to an activating group) is 1. The van der Waals surface area contributed by atoms with E-state index in [2.05, 4.69) is 15.2 Å². The quantitative estimate of drug-likeness (QED) is 0.501. The second-order valence-corrected chi connectivity index (χ2v) is 10.1. The van der Waals surface area contributed by atoms with E-state index in [9.17, 15) is 23.2 Å². The number of carbonyl (C=O) groups excluding carboxylic acids is 2. The fraction of sp³-hybridized carbons (Fsp3) is 0.357. The number of methoxy groups -OCH3 is 1. The summed E-state index contributed by atoms with van der Waals surface area (Å²) in [5.74, 6) is -2.61. The molecule has 9 nitrogen and oxygen atoms in total. The highest BCUT2D eigenvalue weighted by molar-refractivity contribution is 6.30. The molecular formula is C28H30ClF2N5O4. The molecule has 2 aromatic carbocycles. The van der Waals surface area contributed by atoms with E-state index in [1.807, 2.05) is 7.05 Å². The Hall–Kier alpha value is -3.83. The number of hydrogen-bond acceptors (Lipinski definition) is 6. The van der Waals surface area contributed by atoms with Gasteiger partial charge in [0.1, 0.15) is 23.1 Å². The minimum Gasteiger partial charge on any atom is -0.497 e. The zero-order chi connectivity index (χ0) is 29.0. The van der Waals surface area contributed by atoms with Crippen molar-refractivity contribution in [2.24, 2.45) is 0 Å². The molecule has 2 fully saturated rings. The second-order valence-electron chi connectivity index (χ2n) is 9.69. The van der Waals surface area contributed by atoms with E-state index in [0.717, 1.165) is 31.6 Å². The number of ether oxygens (including phenoxy) is 1. The van der Waals surface area contributed by atoms with E-state index in [-0.39, 0.29) is 53.4 Å². The molecule has 3 heterocycles. The standard InChI is InChI=1S/C20H22F2N4O3.C8H8ClNO/c1-24-4-3-13(10-24)26-11-23-8-17(20(26)28)25-9-12(5-18(25)27)19-15(21)6-14(29-2)7-16(19)22;1-10-8(11)6-2-4-7(9)5-3-6/h6-8,11-13H,3-5,9-10H2,1-2H3;2-5H,1H3,(H,10,11). The number of aromatic nitrogens is 2. The summed E-state index contributed by atoms with van der Waals surface area (Å²) in [5, 5.41) is 3.16. The van der Waals surface area contributed by atoms with E-state index in [4.69, 9.17) is 16.3 Å². The normalized spacial score (nSPS) is 18.9. The average Bonchev–Trinajstić information content (AvgIpc) is 3.53. The monoisotopic (exact) mass is 573 g/mol. The number of benzene rings is 2. The predicted octanol–water partition coefficient (Wildman–Crippen LogP) is 3.63. The summed E-state index contributed by atoms with van der Waals surface area (Å²) in [4.78, 5) is 44.1. The first-order valence-corrected chi connectivity index (χ1v) is 13.1. The van der Waals surface area contributed by atoms with Crippen LogP contribution in [0.25, 0.3) is 0 Å². The Kier molecular flexibility index (Phi) is 9.16. The van der Waals surface area contributed by atoms with Crippen LogP contribution in [-0.2, 0) is 4.79 Å². The van der Waals surface area contributed by atoms with Crippen LogP contribution in [0.1, 0.15) is 40.7 Å². The van der Waals surface area contributed by atoms with Crippen LogP contribution < -0.4 is 20.5 Å². The third kappa shape index (κ3) is 6.31. The molecule has 212 valence electrons. The number of carbonyl (C=O) groups is 2. The molecule has 2 atom stereocenters. The summed E-state index contributed by atoms with van der Waals surface area (Å²) < 4.78 is 35.3. The van der Waals surface area contributed by atoms with Gasteiger partial charge in [-0.15, -0.1) is 0 Å². The minimum absolute atomic E-state index is 0.00932. The van der Waals surface area contributed by atoms with Gasteiger partial charge in [0.05, 0.1) is 25.7 Å². The Balaban J connectivity index is 0.000000283. The van der Waals surface area contributed by atoms with Crippen molar-refractivity contribution in [2.75, 3.05) is 45.7 Å². The summed E-state index contributed by atoms with van der Waals surface area (Å²) in [6.45, 7) is 1.62. The van der Waals surface area contributed by atoms with Crippen LogP contribution in [0.15, 0.2) is 53.7 Å². The largest absolute Gasteiger partial charge is 0.497 e. The molecule has 2 aliphatic rings. The lowest BCUT2D eigenvalue weighted by Gasteiger charge is -2.20.